The van der Waals surface area contributed by atoms with Crippen molar-refractivity contribution in [3.05, 3.63) is 70.8 Å². The summed E-state index contributed by atoms with van der Waals surface area (Å²) in [4.78, 5) is 0. The van der Waals surface area contributed by atoms with Crippen molar-refractivity contribution in [1.29, 1.82) is 0 Å². The third-order valence-corrected chi connectivity index (χ3v) is 11.5. The normalized spacial score (nSPS) is 19.9. The van der Waals surface area contributed by atoms with Crippen LogP contribution in [0.15, 0.2) is 48.5 Å². The summed E-state index contributed by atoms with van der Waals surface area (Å²) in [5.41, 5.74) is 4.36. The van der Waals surface area contributed by atoms with Crippen LogP contribution in [0.2, 0.25) is 0 Å². The molecule has 250 valence electrons. The minimum atomic E-state index is -1.31. The van der Waals surface area contributed by atoms with Gasteiger partial charge in [-0.1, -0.05) is 71.9 Å². The molecule has 2 aliphatic rings. The highest BCUT2D eigenvalue weighted by atomic mass is 31.1. The molecule has 2 atom stereocenters. The Kier molecular flexibility index (Phi) is 11.1. The summed E-state index contributed by atoms with van der Waals surface area (Å²) >= 11 is 0. The molecule has 2 aliphatic heterocycles. The van der Waals surface area contributed by atoms with Gasteiger partial charge in [0.15, 0.2) is 0 Å². The average molecular weight is 647 g/mol. The van der Waals surface area contributed by atoms with Crippen LogP contribution in [0.4, 0.5) is 0 Å². The summed E-state index contributed by atoms with van der Waals surface area (Å²) in [5, 5.41) is 14.6. The summed E-state index contributed by atoms with van der Waals surface area (Å²) in [6.45, 7) is 20.4. The fraction of sp³-hybridized carbons (Fsp3) is 0.550. The van der Waals surface area contributed by atoms with Crippen molar-refractivity contribution in [3.8, 4) is 17.2 Å². The van der Waals surface area contributed by atoms with Crippen molar-refractivity contribution in [3.63, 3.8) is 0 Å². The lowest BCUT2D eigenvalue weighted by Gasteiger charge is -2.33. The van der Waals surface area contributed by atoms with E-state index in [1.807, 2.05) is 12.1 Å². The molecule has 5 nitrogen and oxygen atoms in total. The van der Waals surface area contributed by atoms with Gasteiger partial charge in [0.25, 0.3) is 0 Å². The third kappa shape index (κ3) is 8.27. The maximum absolute atomic E-state index is 11.5. The molecule has 0 saturated carbocycles. The number of aromatic hydroxyl groups is 1. The van der Waals surface area contributed by atoms with Crippen LogP contribution in [0.1, 0.15) is 102 Å². The Morgan fingerprint density at radius 3 is 1.52 bits per heavy atom. The minimum absolute atomic E-state index is 0.0768. The van der Waals surface area contributed by atoms with Gasteiger partial charge in [-0.25, -0.2) is 0 Å². The SMILES string of the molecule is Cc1cc(P(c2ccccc2O)c2cc(C)cc(C(C)(C)C)c2OCC2CCCCO2)c(OCC2CCCCO2)c(C(C)(C)C)c1. The van der Waals surface area contributed by atoms with Crippen molar-refractivity contribution in [2.45, 2.75) is 117 Å². The first-order valence-corrected chi connectivity index (χ1v) is 18.5. The van der Waals surface area contributed by atoms with Gasteiger partial charge in [-0.3, -0.25) is 0 Å². The highest BCUT2D eigenvalue weighted by molar-refractivity contribution is 7.80. The molecule has 2 heterocycles. The van der Waals surface area contributed by atoms with Crippen LogP contribution < -0.4 is 25.4 Å². The van der Waals surface area contributed by atoms with Gasteiger partial charge in [0.2, 0.25) is 0 Å². The van der Waals surface area contributed by atoms with E-state index in [9.17, 15) is 5.11 Å². The summed E-state index contributed by atoms with van der Waals surface area (Å²) in [7, 11) is -1.31. The van der Waals surface area contributed by atoms with Crippen LogP contribution in [0.25, 0.3) is 0 Å². The molecule has 3 aromatic rings. The zero-order chi connectivity index (χ0) is 33.1. The Balaban J connectivity index is 1.75. The first-order chi connectivity index (χ1) is 21.8. The molecule has 5 rings (SSSR count). The first-order valence-electron chi connectivity index (χ1n) is 17.2. The van der Waals surface area contributed by atoms with E-state index in [2.05, 4.69) is 85.7 Å². The fourth-order valence-electron chi connectivity index (χ4n) is 6.53. The summed E-state index contributed by atoms with van der Waals surface area (Å²) < 4.78 is 26.1. The van der Waals surface area contributed by atoms with Gasteiger partial charge in [0, 0.05) is 40.3 Å². The molecule has 1 N–H and O–H groups in total. The molecule has 0 amide bonds. The third-order valence-electron chi connectivity index (χ3n) is 9.02. The quantitative estimate of drug-likeness (QED) is 0.237. The van der Waals surface area contributed by atoms with E-state index in [4.69, 9.17) is 18.9 Å². The number of hydrogen-bond acceptors (Lipinski definition) is 5. The molecule has 3 aromatic carbocycles. The Bertz CT molecular complexity index is 1380. The lowest BCUT2D eigenvalue weighted by molar-refractivity contribution is -0.0111. The Morgan fingerprint density at radius 1 is 0.674 bits per heavy atom. The number of phenolic OH excluding ortho intramolecular Hbond substituents is 1. The van der Waals surface area contributed by atoms with Gasteiger partial charge < -0.3 is 24.1 Å². The van der Waals surface area contributed by atoms with E-state index in [1.165, 1.54) is 22.3 Å². The van der Waals surface area contributed by atoms with Crippen molar-refractivity contribution < 1.29 is 24.1 Å². The van der Waals surface area contributed by atoms with Crippen molar-refractivity contribution >= 4 is 23.8 Å². The second-order valence-electron chi connectivity index (χ2n) is 15.2. The van der Waals surface area contributed by atoms with Gasteiger partial charge in [-0.2, -0.15) is 0 Å². The van der Waals surface area contributed by atoms with Crippen molar-refractivity contribution in [2.75, 3.05) is 26.4 Å². The zero-order valence-electron chi connectivity index (χ0n) is 29.4. The zero-order valence-corrected chi connectivity index (χ0v) is 30.3. The number of aryl methyl sites for hydroxylation is 2. The Hall–Kier alpha value is -2.59. The summed E-state index contributed by atoms with van der Waals surface area (Å²) in [5.74, 6) is 2.10. The monoisotopic (exact) mass is 646 g/mol. The summed E-state index contributed by atoms with van der Waals surface area (Å²) in [6, 6.07) is 16.9. The van der Waals surface area contributed by atoms with E-state index in [-0.39, 0.29) is 28.8 Å². The van der Waals surface area contributed by atoms with Crippen molar-refractivity contribution in [2.24, 2.45) is 0 Å². The molecule has 2 unspecified atom stereocenters. The van der Waals surface area contributed by atoms with Gasteiger partial charge in [0.05, 0.1) is 12.2 Å². The predicted molar refractivity (Wildman–Crippen MR) is 192 cm³/mol. The second-order valence-corrected chi connectivity index (χ2v) is 17.4. The number of benzene rings is 3. The standard InChI is InChI=1S/C40H55O5P/c1-27-21-31(39(3,4)5)37(44-25-29-15-11-13-19-42-29)35(23-27)46(34-18-10-9-17-33(34)41)36-24-28(2)22-32(40(6,7)8)38(36)45-26-30-16-12-14-20-43-30/h9-10,17-18,21-24,29-30,41H,11-16,19-20,25-26H2,1-8H3. The van der Waals surface area contributed by atoms with Gasteiger partial charge in [-0.15, -0.1) is 0 Å². The largest absolute Gasteiger partial charge is 0.507 e. The molecule has 46 heavy (non-hydrogen) atoms. The van der Waals surface area contributed by atoms with Crippen LogP contribution in [-0.4, -0.2) is 43.7 Å². The molecular formula is C40H55O5P. The molecule has 0 aromatic heterocycles. The van der Waals surface area contributed by atoms with Crippen molar-refractivity contribution in [1.82, 2.24) is 0 Å². The topological polar surface area (TPSA) is 57.2 Å². The summed E-state index contributed by atoms with van der Waals surface area (Å²) in [6.07, 6.45) is 6.71. The fourth-order valence-corrected chi connectivity index (χ4v) is 9.29. The average Bonchev–Trinajstić information content (AvgIpc) is 3.01. The maximum Gasteiger partial charge on any atom is 0.131 e. The molecule has 6 heteroatoms. The van der Waals surface area contributed by atoms with Crippen LogP contribution in [-0.2, 0) is 20.3 Å². The predicted octanol–water partition coefficient (Wildman–Crippen LogP) is 8.26. The molecule has 0 spiro atoms. The Labute approximate surface area is 278 Å². The lowest BCUT2D eigenvalue weighted by atomic mass is 9.85. The van der Waals surface area contributed by atoms with E-state index < -0.39 is 7.92 Å². The van der Waals surface area contributed by atoms with E-state index in [0.717, 1.165) is 79.2 Å². The highest BCUT2D eigenvalue weighted by Gasteiger charge is 2.34. The van der Waals surface area contributed by atoms with Gasteiger partial charge in [-0.05, 0) is 100 Å². The molecule has 2 fully saturated rings. The smallest absolute Gasteiger partial charge is 0.131 e. The van der Waals surface area contributed by atoms with E-state index in [0.29, 0.717) is 13.2 Å². The lowest BCUT2D eigenvalue weighted by Crippen LogP contribution is -2.32. The van der Waals surface area contributed by atoms with E-state index in [1.54, 1.807) is 6.07 Å². The molecule has 0 aliphatic carbocycles. The van der Waals surface area contributed by atoms with Crippen LogP contribution in [0.5, 0.6) is 17.2 Å². The number of phenols is 1. The second kappa shape index (κ2) is 14.7. The maximum atomic E-state index is 11.5. The highest BCUT2D eigenvalue weighted by Crippen LogP contribution is 2.47. The van der Waals surface area contributed by atoms with Crippen LogP contribution in [0, 0.1) is 13.8 Å². The van der Waals surface area contributed by atoms with Crippen LogP contribution >= 0.6 is 7.92 Å². The Morgan fingerprint density at radius 2 is 1.13 bits per heavy atom. The van der Waals surface area contributed by atoms with Crippen LogP contribution in [0.3, 0.4) is 0 Å². The number of rotatable bonds is 9. The van der Waals surface area contributed by atoms with Gasteiger partial charge >= 0.3 is 0 Å². The number of ether oxygens (including phenoxy) is 4. The molecular weight excluding hydrogens is 591 g/mol. The van der Waals surface area contributed by atoms with E-state index >= 15 is 0 Å². The number of para-hydroxylation sites is 1. The first kappa shape index (κ1) is 34.7. The number of hydrogen-bond donors (Lipinski definition) is 1. The molecule has 2 saturated heterocycles. The molecule has 0 radical (unpaired) electrons. The van der Waals surface area contributed by atoms with Gasteiger partial charge in [0.1, 0.15) is 30.5 Å². The molecule has 0 bridgehead atoms. The minimum Gasteiger partial charge on any atom is -0.507 e.